The molecule has 7 heteroatoms. The van der Waals surface area contributed by atoms with Gasteiger partial charge in [-0.05, 0) is 55.7 Å². The van der Waals surface area contributed by atoms with Crippen molar-refractivity contribution in [2.75, 3.05) is 25.4 Å². The van der Waals surface area contributed by atoms with Gasteiger partial charge in [0.2, 0.25) is 5.91 Å². The molecule has 1 fully saturated rings. The number of halogens is 1. The van der Waals surface area contributed by atoms with Crippen LogP contribution in [-0.2, 0) is 11.3 Å². The van der Waals surface area contributed by atoms with Gasteiger partial charge < -0.3 is 14.2 Å². The van der Waals surface area contributed by atoms with Crippen molar-refractivity contribution in [1.29, 1.82) is 0 Å². The second-order valence-corrected chi connectivity index (χ2v) is 8.56. The molecule has 1 saturated heterocycles. The van der Waals surface area contributed by atoms with E-state index in [1.165, 1.54) is 6.42 Å². The van der Waals surface area contributed by atoms with Crippen LogP contribution >= 0.6 is 23.4 Å². The van der Waals surface area contributed by atoms with Crippen LogP contribution < -0.4 is 4.74 Å². The summed E-state index contributed by atoms with van der Waals surface area (Å²) in [4.78, 5) is 19.6. The van der Waals surface area contributed by atoms with Gasteiger partial charge in [-0.25, -0.2) is 4.98 Å². The lowest BCUT2D eigenvalue weighted by Gasteiger charge is -2.27. The molecule has 29 heavy (non-hydrogen) atoms. The van der Waals surface area contributed by atoms with Gasteiger partial charge in [-0.15, -0.1) is 0 Å². The second-order valence-electron chi connectivity index (χ2n) is 7.06. The second kappa shape index (κ2) is 9.55. The summed E-state index contributed by atoms with van der Waals surface area (Å²) in [5.41, 5.74) is 1.92. The number of imidazole rings is 1. The quantitative estimate of drug-likeness (QED) is 0.397. The molecule has 0 atom stereocenters. The van der Waals surface area contributed by atoms with E-state index in [2.05, 4.69) is 0 Å². The lowest BCUT2D eigenvalue weighted by molar-refractivity contribution is -0.132. The summed E-state index contributed by atoms with van der Waals surface area (Å²) in [6.07, 6.45) is 3.41. The van der Waals surface area contributed by atoms with E-state index >= 15 is 0 Å². The Labute approximate surface area is 180 Å². The van der Waals surface area contributed by atoms with Crippen molar-refractivity contribution < 1.29 is 9.53 Å². The largest absolute Gasteiger partial charge is 0.493 e. The Morgan fingerprint density at radius 3 is 2.62 bits per heavy atom. The number of hydrogen-bond acceptors (Lipinski definition) is 4. The molecule has 1 aromatic heterocycles. The Bertz CT molecular complexity index is 968. The number of aromatic nitrogens is 2. The molecule has 0 saturated carbocycles. The molecule has 0 radical (unpaired) electrons. The molecule has 0 bridgehead atoms. The number of nitrogens with zero attached hydrogens (tertiary/aromatic N) is 3. The van der Waals surface area contributed by atoms with E-state index in [0.29, 0.717) is 18.2 Å². The summed E-state index contributed by atoms with van der Waals surface area (Å²) in [6.45, 7) is 2.61. The van der Waals surface area contributed by atoms with Crippen LogP contribution in [0.5, 0.6) is 5.75 Å². The molecule has 1 amide bonds. The zero-order valence-electron chi connectivity index (χ0n) is 16.2. The van der Waals surface area contributed by atoms with E-state index in [1.807, 2.05) is 58.0 Å². The summed E-state index contributed by atoms with van der Waals surface area (Å²) in [5.74, 6) is 1.71. The van der Waals surface area contributed by atoms with Crippen molar-refractivity contribution in [3.8, 4) is 5.75 Å². The predicted molar refractivity (Wildman–Crippen MR) is 118 cm³/mol. The van der Waals surface area contributed by atoms with Gasteiger partial charge >= 0.3 is 0 Å². The van der Waals surface area contributed by atoms with Crippen molar-refractivity contribution in [1.82, 2.24) is 14.5 Å². The van der Waals surface area contributed by atoms with Gasteiger partial charge in [-0.2, -0.15) is 0 Å². The number of carbonyl (C=O) groups excluding carboxylic acids is 1. The van der Waals surface area contributed by atoms with Crippen molar-refractivity contribution in [2.45, 2.75) is 31.0 Å². The van der Waals surface area contributed by atoms with E-state index in [9.17, 15) is 4.79 Å². The number of fused-ring (bicyclic) bond motifs is 1. The first kappa shape index (κ1) is 20.1. The molecular formula is C22H24ClN3O2S. The van der Waals surface area contributed by atoms with E-state index < -0.39 is 0 Å². The predicted octanol–water partition coefficient (Wildman–Crippen LogP) is 4.87. The summed E-state index contributed by atoms with van der Waals surface area (Å²) < 4.78 is 7.82. The van der Waals surface area contributed by atoms with E-state index in [1.54, 1.807) is 11.8 Å². The van der Waals surface area contributed by atoms with Gasteiger partial charge in [0.25, 0.3) is 0 Å². The molecule has 0 spiro atoms. The van der Waals surface area contributed by atoms with Crippen molar-refractivity contribution >= 4 is 40.3 Å². The average Bonchev–Trinajstić information content (AvgIpc) is 3.10. The number of benzene rings is 2. The van der Waals surface area contributed by atoms with Crippen LogP contribution in [0, 0.1) is 0 Å². The van der Waals surface area contributed by atoms with Gasteiger partial charge in [-0.1, -0.05) is 35.5 Å². The van der Waals surface area contributed by atoms with Crippen molar-refractivity contribution in [3.63, 3.8) is 0 Å². The van der Waals surface area contributed by atoms with Crippen LogP contribution in [0.25, 0.3) is 11.0 Å². The number of ether oxygens (including phenoxy) is 1. The highest BCUT2D eigenvalue weighted by atomic mass is 35.5. The molecule has 152 valence electrons. The number of para-hydroxylation sites is 2. The highest BCUT2D eigenvalue weighted by Crippen LogP contribution is 2.25. The normalized spacial score (nSPS) is 14.3. The molecular weight excluding hydrogens is 406 g/mol. The summed E-state index contributed by atoms with van der Waals surface area (Å²) >= 11 is 7.52. The number of amides is 1. The Hall–Kier alpha value is -2.18. The number of hydrogen-bond donors (Lipinski definition) is 0. The minimum absolute atomic E-state index is 0.173. The molecule has 1 aliphatic heterocycles. The third kappa shape index (κ3) is 5.06. The first-order valence-electron chi connectivity index (χ1n) is 9.95. The summed E-state index contributed by atoms with van der Waals surface area (Å²) in [7, 11) is 0. The monoisotopic (exact) mass is 429 g/mol. The molecule has 0 aliphatic carbocycles. The van der Waals surface area contributed by atoms with Crippen LogP contribution in [0.15, 0.2) is 53.7 Å². The van der Waals surface area contributed by atoms with Gasteiger partial charge in [0.1, 0.15) is 12.3 Å². The molecule has 0 N–H and O–H groups in total. The molecule has 5 nitrogen and oxygen atoms in total. The number of thioether (sulfide) groups is 1. The van der Waals surface area contributed by atoms with E-state index in [-0.39, 0.29) is 5.91 Å². The Balaban J connectivity index is 1.43. The molecule has 3 aromatic rings. The molecule has 0 unspecified atom stereocenters. The van der Waals surface area contributed by atoms with Crippen LogP contribution in [0.1, 0.15) is 19.3 Å². The first-order chi connectivity index (χ1) is 14.2. The topological polar surface area (TPSA) is 47.4 Å². The van der Waals surface area contributed by atoms with E-state index in [0.717, 1.165) is 53.6 Å². The Morgan fingerprint density at radius 1 is 1.07 bits per heavy atom. The van der Waals surface area contributed by atoms with Crippen molar-refractivity contribution in [2.24, 2.45) is 0 Å². The maximum absolute atomic E-state index is 12.8. The fourth-order valence-corrected chi connectivity index (χ4v) is 4.48. The minimum Gasteiger partial charge on any atom is -0.493 e. The van der Waals surface area contributed by atoms with Gasteiger partial charge in [-0.3, -0.25) is 4.79 Å². The van der Waals surface area contributed by atoms with Gasteiger partial charge in [0, 0.05) is 23.9 Å². The molecule has 4 rings (SSSR count). The summed E-state index contributed by atoms with van der Waals surface area (Å²) in [6, 6.07) is 15.3. The number of rotatable bonds is 7. The lowest BCUT2D eigenvalue weighted by atomic mass is 10.1. The third-order valence-electron chi connectivity index (χ3n) is 5.02. The summed E-state index contributed by atoms with van der Waals surface area (Å²) in [5, 5.41) is 1.55. The number of likely N-dealkylation sites (tertiary alicyclic amines) is 1. The fraction of sp³-hybridized carbons (Fsp3) is 0.364. The zero-order chi connectivity index (χ0) is 20.1. The first-order valence-corrected chi connectivity index (χ1v) is 11.3. The average molecular weight is 430 g/mol. The maximum Gasteiger partial charge on any atom is 0.242 e. The Kier molecular flexibility index (Phi) is 6.62. The van der Waals surface area contributed by atoms with Crippen LogP contribution in [0.2, 0.25) is 5.02 Å². The third-order valence-corrected chi connectivity index (χ3v) is 6.21. The SMILES string of the molecule is O=C(Cn1c(SCCOc2ccc(Cl)cc2)nc2ccccc21)N1CCCCC1. The van der Waals surface area contributed by atoms with E-state index in [4.69, 9.17) is 21.3 Å². The maximum atomic E-state index is 12.8. The minimum atomic E-state index is 0.173. The highest BCUT2D eigenvalue weighted by molar-refractivity contribution is 7.99. The lowest BCUT2D eigenvalue weighted by Crippen LogP contribution is -2.37. The van der Waals surface area contributed by atoms with Crippen LogP contribution in [0.4, 0.5) is 0 Å². The Morgan fingerprint density at radius 2 is 1.83 bits per heavy atom. The van der Waals surface area contributed by atoms with Crippen LogP contribution in [-0.4, -0.2) is 45.8 Å². The smallest absolute Gasteiger partial charge is 0.242 e. The van der Waals surface area contributed by atoms with Gasteiger partial charge in [0.05, 0.1) is 17.6 Å². The molecule has 2 aromatic carbocycles. The molecule has 1 aliphatic rings. The standard InChI is InChI=1S/C22H24ClN3O2S/c23-17-8-10-18(11-9-17)28-14-15-29-22-24-19-6-2-3-7-20(19)26(22)16-21(27)25-12-4-1-5-13-25/h2-3,6-11H,1,4-5,12-16H2. The number of piperidine rings is 1. The van der Waals surface area contributed by atoms with Gasteiger partial charge in [0.15, 0.2) is 5.16 Å². The van der Waals surface area contributed by atoms with Crippen LogP contribution in [0.3, 0.4) is 0 Å². The van der Waals surface area contributed by atoms with Crippen molar-refractivity contribution in [3.05, 3.63) is 53.6 Å². The fourth-order valence-electron chi connectivity index (χ4n) is 3.52. The zero-order valence-corrected chi connectivity index (χ0v) is 17.8. The number of carbonyl (C=O) groups is 1. The highest BCUT2D eigenvalue weighted by Gasteiger charge is 2.20. The molecule has 2 heterocycles.